The van der Waals surface area contributed by atoms with Crippen LogP contribution in [0, 0.1) is 5.41 Å². The molecule has 0 amide bonds. The molecule has 0 fully saturated rings. The maximum absolute atomic E-state index is 11.9. The third-order valence-electron chi connectivity index (χ3n) is 2.74. The van der Waals surface area contributed by atoms with Crippen LogP contribution in [-0.2, 0) is 14.8 Å². The van der Waals surface area contributed by atoms with Gasteiger partial charge in [-0.25, -0.2) is 13.1 Å². The summed E-state index contributed by atoms with van der Waals surface area (Å²) >= 11 is 5.68. The Hall–Kier alpha value is -1.11. The molecule has 2 N–H and O–H groups in total. The lowest BCUT2D eigenvalue weighted by atomic mass is 9.90. The van der Waals surface area contributed by atoms with Gasteiger partial charge in [0.25, 0.3) is 0 Å². The van der Waals surface area contributed by atoms with Crippen LogP contribution in [0.25, 0.3) is 0 Å². The van der Waals surface area contributed by atoms with E-state index in [2.05, 4.69) is 4.72 Å². The van der Waals surface area contributed by atoms with E-state index < -0.39 is 21.4 Å². The average molecular weight is 306 g/mol. The maximum Gasteiger partial charge on any atom is 0.309 e. The summed E-state index contributed by atoms with van der Waals surface area (Å²) in [5.74, 6) is -0.960. The number of nitrogens with one attached hydrogen (secondary N) is 1. The fourth-order valence-corrected chi connectivity index (χ4v) is 2.46. The van der Waals surface area contributed by atoms with Crippen molar-refractivity contribution in [1.29, 1.82) is 0 Å². The summed E-state index contributed by atoms with van der Waals surface area (Å²) in [5, 5.41) is 9.38. The van der Waals surface area contributed by atoms with Gasteiger partial charge in [-0.1, -0.05) is 11.6 Å². The molecule has 1 aromatic rings. The summed E-state index contributed by atoms with van der Waals surface area (Å²) in [6.07, 6.45) is 0.204. The number of carbonyl (C=O) groups is 1. The Morgan fingerprint density at radius 2 is 1.84 bits per heavy atom. The van der Waals surface area contributed by atoms with Crippen LogP contribution in [0.1, 0.15) is 20.3 Å². The highest BCUT2D eigenvalue weighted by Gasteiger charge is 2.27. The van der Waals surface area contributed by atoms with Crippen molar-refractivity contribution in [1.82, 2.24) is 4.72 Å². The van der Waals surface area contributed by atoms with E-state index in [0.717, 1.165) is 0 Å². The smallest absolute Gasteiger partial charge is 0.309 e. The predicted octanol–water partition coefficient (Wildman–Crippen LogP) is 2.12. The highest BCUT2D eigenvalue weighted by Crippen LogP contribution is 2.20. The third-order valence-corrected chi connectivity index (χ3v) is 4.47. The highest BCUT2D eigenvalue weighted by molar-refractivity contribution is 7.89. The van der Waals surface area contributed by atoms with Gasteiger partial charge < -0.3 is 5.11 Å². The summed E-state index contributed by atoms with van der Waals surface area (Å²) in [6.45, 7) is 3.15. The molecule has 0 aliphatic carbocycles. The van der Waals surface area contributed by atoms with Crippen LogP contribution >= 0.6 is 11.6 Å². The van der Waals surface area contributed by atoms with E-state index in [0.29, 0.717) is 5.02 Å². The molecule has 5 nitrogen and oxygen atoms in total. The number of benzene rings is 1. The monoisotopic (exact) mass is 305 g/mol. The number of rotatable bonds is 6. The number of hydrogen-bond acceptors (Lipinski definition) is 3. The Morgan fingerprint density at radius 3 is 2.32 bits per heavy atom. The minimum Gasteiger partial charge on any atom is -0.481 e. The van der Waals surface area contributed by atoms with E-state index >= 15 is 0 Å². The highest BCUT2D eigenvalue weighted by atomic mass is 35.5. The molecule has 19 heavy (non-hydrogen) atoms. The fourth-order valence-electron chi connectivity index (χ4n) is 1.30. The zero-order valence-corrected chi connectivity index (χ0v) is 12.3. The molecule has 0 unspecified atom stereocenters. The maximum atomic E-state index is 11.9. The van der Waals surface area contributed by atoms with Gasteiger partial charge in [0.15, 0.2) is 0 Å². The molecule has 0 aromatic heterocycles. The van der Waals surface area contributed by atoms with Crippen molar-refractivity contribution in [2.24, 2.45) is 5.41 Å². The van der Waals surface area contributed by atoms with Gasteiger partial charge in [0.05, 0.1) is 10.3 Å². The van der Waals surface area contributed by atoms with Crippen molar-refractivity contribution in [2.75, 3.05) is 6.54 Å². The molecule has 0 bridgehead atoms. The summed E-state index contributed by atoms with van der Waals surface area (Å²) < 4.78 is 26.2. The largest absolute Gasteiger partial charge is 0.481 e. The molecule has 0 heterocycles. The van der Waals surface area contributed by atoms with Crippen molar-refractivity contribution in [2.45, 2.75) is 25.2 Å². The summed E-state index contributed by atoms with van der Waals surface area (Å²) in [4.78, 5) is 11.0. The molecular weight excluding hydrogens is 290 g/mol. The van der Waals surface area contributed by atoms with Gasteiger partial charge in [0.1, 0.15) is 0 Å². The molecule has 7 heteroatoms. The molecule has 106 valence electrons. The molecule has 0 radical (unpaired) electrons. The predicted molar refractivity (Wildman–Crippen MR) is 72.7 cm³/mol. The minimum absolute atomic E-state index is 0.0598. The Labute approximate surface area is 117 Å². The second-order valence-electron chi connectivity index (χ2n) is 4.79. The lowest BCUT2D eigenvalue weighted by molar-refractivity contribution is -0.147. The number of carboxylic acids is 1. The topological polar surface area (TPSA) is 83.5 Å². The standard InChI is InChI=1S/C12H16ClNO4S/c1-12(2,11(15)16)7-8-14-19(17,18)10-5-3-9(13)4-6-10/h3-6,14H,7-8H2,1-2H3,(H,15,16). The Bertz CT molecular complexity index is 552. The van der Waals surface area contributed by atoms with Gasteiger partial charge in [0, 0.05) is 11.6 Å². The van der Waals surface area contributed by atoms with E-state index in [-0.39, 0.29) is 17.9 Å². The van der Waals surface area contributed by atoms with E-state index in [1.54, 1.807) is 13.8 Å². The molecule has 0 saturated carbocycles. The Balaban J connectivity index is 2.67. The zero-order valence-electron chi connectivity index (χ0n) is 10.7. The van der Waals surface area contributed by atoms with E-state index in [4.69, 9.17) is 16.7 Å². The first kappa shape index (κ1) is 15.9. The first-order chi connectivity index (χ1) is 8.65. The molecule has 0 aliphatic heterocycles. The molecule has 0 spiro atoms. The van der Waals surface area contributed by atoms with E-state index in [9.17, 15) is 13.2 Å². The first-order valence-electron chi connectivity index (χ1n) is 5.64. The van der Waals surface area contributed by atoms with Crippen LogP contribution in [0.2, 0.25) is 5.02 Å². The molecule has 0 aliphatic rings. The van der Waals surface area contributed by atoms with Crippen LogP contribution in [0.3, 0.4) is 0 Å². The molecule has 1 rings (SSSR count). The van der Waals surface area contributed by atoms with Crippen molar-refractivity contribution in [3.05, 3.63) is 29.3 Å². The summed E-state index contributed by atoms with van der Waals surface area (Å²) in [7, 11) is -3.63. The van der Waals surface area contributed by atoms with Crippen LogP contribution in [0.4, 0.5) is 0 Å². The number of sulfonamides is 1. The van der Waals surface area contributed by atoms with Gasteiger partial charge in [-0.15, -0.1) is 0 Å². The van der Waals surface area contributed by atoms with Crippen molar-refractivity contribution in [3.63, 3.8) is 0 Å². The van der Waals surface area contributed by atoms with E-state index in [1.165, 1.54) is 24.3 Å². The lowest BCUT2D eigenvalue weighted by Gasteiger charge is -2.18. The minimum atomic E-state index is -3.63. The second kappa shape index (κ2) is 5.90. The molecule has 0 saturated heterocycles. The SMILES string of the molecule is CC(C)(CCNS(=O)(=O)c1ccc(Cl)cc1)C(=O)O. The van der Waals surface area contributed by atoms with Gasteiger partial charge >= 0.3 is 5.97 Å². The number of aliphatic carboxylic acids is 1. The molecule has 1 aromatic carbocycles. The molecular formula is C12H16ClNO4S. The van der Waals surface area contributed by atoms with Gasteiger partial charge in [-0.3, -0.25) is 4.79 Å². The average Bonchev–Trinajstić information content (AvgIpc) is 2.28. The number of hydrogen-bond donors (Lipinski definition) is 2. The molecule has 0 atom stereocenters. The Kier molecular flexibility index (Phi) is 4.95. The van der Waals surface area contributed by atoms with Gasteiger partial charge in [0.2, 0.25) is 10.0 Å². The quantitative estimate of drug-likeness (QED) is 0.843. The van der Waals surface area contributed by atoms with Crippen molar-refractivity contribution >= 4 is 27.6 Å². The van der Waals surface area contributed by atoms with Crippen LogP contribution in [0.15, 0.2) is 29.2 Å². The zero-order chi connectivity index (χ0) is 14.7. The first-order valence-corrected chi connectivity index (χ1v) is 7.50. The van der Waals surface area contributed by atoms with Crippen molar-refractivity contribution in [3.8, 4) is 0 Å². The van der Waals surface area contributed by atoms with Crippen LogP contribution in [0.5, 0.6) is 0 Å². The lowest BCUT2D eigenvalue weighted by Crippen LogP contribution is -2.31. The van der Waals surface area contributed by atoms with E-state index in [1.807, 2.05) is 0 Å². The second-order valence-corrected chi connectivity index (χ2v) is 6.99. The van der Waals surface area contributed by atoms with Crippen LogP contribution in [-0.4, -0.2) is 26.0 Å². The van der Waals surface area contributed by atoms with Crippen molar-refractivity contribution < 1.29 is 18.3 Å². The third kappa shape index (κ3) is 4.49. The van der Waals surface area contributed by atoms with Gasteiger partial charge in [-0.2, -0.15) is 0 Å². The summed E-state index contributed by atoms with van der Waals surface area (Å²) in [5.41, 5.74) is -0.970. The summed E-state index contributed by atoms with van der Waals surface area (Å²) in [6, 6.07) is 5.76. The number of halogens is 1. The normalized spacial score (nSPS) is 12.4. The van der Waals surface area contributed by atoms with Crippen LogP contribution < -0.4 is 4.72 Å². The fraction of sp³-hybridized carbons (Fsp3) is 0.417. The Morgan fingerprint density at radius 1 is 1.32 bits per heavy atom. The van der Waals surface area contributed by atoms with Gasteiger partial charge in [-0.05, 0) is 44.5 Å². The number of carboxylic acid groups (broad SMARTS) is 1.